The van der Waals surface area contributed by atoms with Crippen LogP contribution in [-0.4, -0.2) is 5.91 Å². The van der Waals surface area contributed by atoms with Crippen LogP contribution in [0.15, 0.2) is 24.3 Å². The van der Waals surface area contributed by atoms with Gasteiger partial charge in [-0.15, -0.1) is 0 Å². The van der Waals surface area contributed by atoms with Gasteiger partial charge >= 0.3 is 0 Å². The molecule has 1 unspecified atom stereocenters. The fraction of sp³-hybridized carbons (Fsp3) is 0.562. The molecule has 1 aliphatic rings. The normalized spacial score (nSPS) is 17.7. The van der Waals surface area contributed by atoms with Gasteiger partial charge in [0.2, 0.25) is 5.91 Å². The van der Waals surface area contributed by atoms with Gasteiger partial charge in [0.15, 0.2) is 0 Å². The molecule has 1 saturated carbocycles. The Morgan fingerprint density at radius 2 is 2.00 bits per heavy atom. The summed E-state index contributed by atoms with van der Waals surface area (Å²) in [6, 6.07) is 8.22. The molecule has 0 spiro atoms. The van der Waals surface area contributed by atoms with E-state index in [-0.39, 0.29) is 11.8 Å². The molecule has 2 rings (SSSR count). The number of hydrogen-bond acceptors (Lipinski definition) is 1. The predicted molar refractivity (Wildman–Crippen MR) is 74.1 cm³/mol. The van der Waals surface area contributed by atoms with Crippen LogP contribution in [-0.2, 0) is 11.3 Å². The zero-order valence-corrected chi connectivity index (χ0v) is 11.4. The second-order valence-corrected chi connectivity index (χ2v) is 5.48. The zero-order chi connectivity index (χ0) is 13.0. The van der Waals surface area contributed by atoms with E-state index in [1.807, 2.05) is 12.1 Å². The molecule has 1 N–H and O–H groups in total. The molecule has 0 aliphatic heterocycles. The van der Waals surface area contributed by atoms with Crippen LogP contribution in [0.2, 0.25) is 0 Å². The van der Waals surface area contributed by atoms with E-state index in [4.69, 9.17) is 0 Å². The Labute approximate surface area is 110 Å². The first-order chi connectivity index (χ1) is 8.68. The van der Waals surface area contributed by atoms with Crippen LogP contribution in [0, 0.1) is 18.8 Å². The van der Waals surface area contributed by atoms with Crippen molar-refractivity contribution in [3.05, 3.63) is 35.4 Å². The van der Waals surface area contributed by atoms with E-state index in [0.717, 1.165) is 0 Å². The molecule has 0 heterocycles. The number of benzene rings is 1. The lowest BCUT2D eigenvalue weighted by atomic mass is 9.92. The number of aryl methyl sites for hydroxylation is 1. The van der Waals surface area contributed by atoms with Crippen molar-refractivity contribution in [1.29, 1.82) is 0 Å². The molecule has 1 fully saturated rings. The van der Waals surface area contributed by atoms with Crippen LogP contribution in [0.4, 0.5) is 0 Å². The van der Waals surface area contributed by atoms with Gasteiger partial charge in [-0.2, -0.15) is 0 Å². The largest absolute Gasteiger partial charge is 0.352 e. The lowest BCUT2D eigenvalue weighted by Gasteiger charge is -2.18. The second-order valence-electron chi connectivity index (χ2n) is 5.48. The number of hydrogen-bond donors (Lipinski definition) is 1. The fourth-order valence-electron chi connectivity index (χ4n) is 2.82. The average molecular weight is 245 g/mol. The fourth-order valence-corrected chi connectivity index (χ4v) is 2.82. The van der Waals surface area contributed by atoms with Gasteiger partial charge in [0.05, 0.1) is 0 Å². The first kappa shape index (κ1) is 13.1. The first-order valence-corrected chi connectivity index (χ1v) is 7.00. The van der Waals surface area contributed by atoms with Crippen molar-refractivity contribution in [2.45, 2.75) is 46.1 Å². The summed E-state index contributed by atoms with van der Waals surface area (Å²) in [5.74, 6) is 0.976. The van der Waals surface area contributed by atoms with Gasteiger partial charge in [-0.05, 0) is 36.8 Å². The number of amides is 1. The second kappa shape index (κ2) is 6.03. The molecule has 2 heteroatoms. The van der Waals surface area contributed by atoms with Crippen molar-refractivity contribution in [2.75, 3.05) is 0 Å². The quantitative estimate of drug-likeness (QED) is 0.865. The minimum absolute atomic E-state index is 0.163. The maximum absolute atomic E-state index is 12.1. The number of rotatable bonds is 4. The molecule has 2 nitrogen and oxygen atoms in total. The molecular weight excluding hydrogens is 222 g/mol. The van der Waals surface area contributed by atoms with E-state index in [2.05, 4.69) is 31.3 Å². The van der Waals surface area contributed by atoms with Crippen LogP contribution < -0.4 is 5.32 Å². The highest BCUT2D eigenvalue weighted by molar-refractivity contribution is 5.78. The average Bonchev–Trinajstić information content (AvgIpc) is 2.90. The predicted octanol–water partition coefficient (Wildman–Crippen LogP) is 3.44. The first-order valence-electron chi connectivity index (χ1n) is 7.00. The van der Waals surface area contributed by atoms with Gasteiger partial charge in [0.25, 0.3) is 0 Å². The molecule has 1 aromatic rings. The van der Waals surface area contributed by atoms with Crippen LogP contribution in [0.3, 0.4) is 0 Å². The summed E-state index contributed by atoms with van der Waals surface area (Å²) in [6.07, 6.45) is 5.03. The Hall–Kier alpha value is -1.31. The van der Waals surface area contributed by atoms with Crippen molar-refractivity contribution >= 4 is 5.91 Å². The van der Waals surface area contributed by atoms with Gasteiger partial charge in [0, 0.05) is 12.5 Å². The summed E-state index contributed by atoms with van der Waals surface area (Å²) < 4.78 is 0. The number of nitrogens with one attached hydrogen (secondary N) is 1. The molecule has 0 radical (unpaired) electrons. The summed E-state index contributed by atoms with van der Waals surface area (Å²) in [5.41, 5.74) is 2.45. The van der Waals surface area contributed by atoms with Gasteiger partial charge in [-0.3, -0.25) is 4.79 Å². The monoisotopic (exact) mass is 245 g/mol. The highest BCUT2D eigenvalue weighted by Gasteiger charge is 2.26. The van der Waals surface area contributed by atoms with E-state index in [0.29, 0.717) is 12.5 Å². The third kappa shape index (κ3) is 3.12. The van der Waals surface area contributed by atoms with Crippen molar-refractivity contribution in [3.63, 3.8) is 0 Å². The summed E-state index contributed by atoms with van der Waals surface area (Å²) in [6.45, 7) is 4.81. The Bertz CT molecular complexity index is 407. The van der Waals surface area contributed by atoms with Crippen molar-refractivity contribution < 1.29 is 4.79 Å². The molecular formula is C16H23NO. The summed E-state index contributed by atoms with van der Waals surface area (Å²) in [5, 5.41) is 3.08. The number of carbonyl (C=O) groups is 1. The lowest BCUT2D eigenvalue weighted by Crippen LogP contribution is -2.32. The Morgan fingerprint density at radius 1 is 1.33 bits per heavy atom. The lowest BCUT2D eigenvalue weighted by molar-refractivity contribution is -0.126. The van der Waals surface area contributed by atoms with E-state index in [1.165, 1.54) is 36.8 Å². The third-order valence-electron chi connectivity index (χ3n) is 4.23. The highest BCUT2D eigenvalue weighted by atomic mass is 16.1. The minimum Gasteiger partial charge on any atom is -0.352 e. The van der Waals surface area contributed by atoms with Crippen molar-refractivity contribution in [3.8, 4) is 0 Å². The molecule has 1 atom stereocenters. The molecule has 1 amide bonds. The van der Waals surface area contributed by atoms with E-state index >= 15 is 0 Å². The van der Waals surface area contributed by atoms with E-state index in [1.54, 1.807) is 0 Å². The number of carbonyl (C=O) groups excluding carboxylic acids is 1. The highest BCUT2D eigenvalue weighted by Crippen LogP contribution is 2.31. The van der Waals surface area contributed by atoms with Gasteiger partial charge < -0.3 is 5.32 Å². The molecule has 98 valence electrons. The SMILES string of the molecule is Cc1ccccc1CNC(=O)C(C)C1CCCC1. The Morgan fingerprint density at radius 3 is 2.67 bits per heavy atom. The van der Waals surface area contributed by atoms with Gasteiger partial charge in [-0.25, -0.2) is 0 Å². The smallest absolute Gasteiger partial charge is 0.223 e. The van der Waals surface area contributed by atoms with Crippen LogP contribution in [0.1, 0.15) is 43.7 Å². The molecule has 18 heavy (non-hydrogen) atoms. The van der Waals surface area contributed by atoms with E-state index < -0.39 is 0 Å². The van der Waals surface area contributed by atoms with E-state index in [9.17, 15) is 4.79 Å². The van der Waals surface area contributed by atoms with Crippen LogP contribution in [0.5, 0.6) is 0 Å². The van der Waals surface area contributed by atoms with Gasteiger partial charge in [0.1, 0.15) is 0 Å². The zero-order valence-electron chi connectivity index (χ0n) is 11.4. The Balaban J connectivity index is 1.86. The minimum atomic E-state index is 0.163. The molecule has 0 saturated heterocycles. The summed E-state index contributed by atoms with van der Waals surface area (Å²) in [7, 11) is 0. The topological polar surface area (TPSA) is 29.1 Å². The standard InChI is InChI=1S/C16H23NO/c1-12-7-3-4-10-15(12)11-17-16(18)13(2)14-8-5-6-9-14/h3-4,7,10,13-14H,5-6,8-9,11H2,1-2H3,(H,17,18). The summed E-state index contributed by atoms with van der Waals surface area (Å²) in [4.78, 5) is 12.1. The van der Waals surface area contributed by atoms with Crippen LogP contribution in [0.25, 0.3) is 0 Å². The molecule has 0 aromatic heterocycles. The summed E-state index contributed by atoms with van der Waals surface area (Å²) >= 11 is 0. The molecule has 1 aromatic carbocycles. The van der Waals surface area contributed by atoms with Crippen molar-refractivity contribution in [1.82, 2.24) is 5.32 Å². The third-order valence-corrected chi connectivity index (χ3v) is 4.23. The molecule has 1 aliphatic carbocycles. The van der Waals surface area contributed by atoms with Gasteiger partial charge in [-0.1, -0.05) is 44.0 Å². The maximum Gasteiger partial charge on any atom is 0.223 e. The van der Waals surface area contributed by atoms with Crippen molar-refractivity contribution in [2.24, 2.45) is 11.8 Å². The molecule has 0 bridgehead atoms. The maximum atomic E-state index is 12.1. The van der Waals surface area contributed by atoms with Crippen LogP contribution >= 0.6 is 0 Å². The Kier molecular flexibility index (Phi) is 4.40.